The Balaban J connectivity index is 1.67. The maximum absolute atomic E-state index is 12.3. The van der Waals surface area contributed by atoms with E-state index >= 15 is 0 Å². The van der Waals surface area contributed by atoms with Crippen LogP contribution < -0.4 is 5.32 Å². The Morgan fingerprint density at radius 2 is 1.89 bits per heavy atom. The number of carbonyl (C=O) groups excluding carboxylic acids is 1. The van der Waals surface area contributed by atoms with Crippen LogP contribution >= 0.6 is 0 Å². The van der Waals surface area contributed by atoms with Gasteiger partial charge in [-0.3, -0.25) is 0 Å². The van der Waals surface area contributed by atoms with E-state index in [-0.39, 0.29) is 11.4 Å². The molecule has 0 amide bonds. The van der Waals surface area contributed by atoms with Gasteiger partial charge >= 0.3 is 5.97 Å². The van der Waals surface area contributed by atoms with Crippen molar-refractivity contribution in [2.24, 2.45) is 0 Å². The fraction of sp³-hybridized carbons (Fsp3) is 0.348. The number of hydrogen-bond donors (Lipinski definition) is 2. The summed E-state index contributed by atoms with van der Waals surface area (Å²) in [5.74, 6) is 0.284. The zero-order valence-corrected chi connectivity index (χ0v) is 16.3. The number of fused-ring (bicyclic) bond motifs is 1. The van der Waals surface area contributed by atoms with Gasteiger partial charge in [-0.05, 0) is 60.7 Å². The number of hydrogen-bond acceptors (Lipinski definition) is 3. The van der Waals surface area contributed by atoms with E-state index in [2.05, 4.69) is 55.3 Å². The quantitative estimate of drug-likeness (QED) is 0.570. The van der Waals surface area contributed by atoms with E-state index in [1.54, 1.807) is 0 Å². The van der Waals surface area contributed by atoms with Crippen LogP contribution in [0.15, 0.2) is 42.5 Å². The molecule has 27 heavy (non-hydrogen) atoms. The molecule has 0 saturated heterocycles. The van der Waals surface area contributed by atoms with Crippen LogP contribution in [0.4, 0.5) is 11.4 Å². The van der Waals surface area contributed by atoms with Gasteiger partial charge in [0, 0.05) is 27.7 Å². The molecule has 0 aliphatic heterocycles. The second-order valence-electron chi connectivity index (χ2n) is 8.43. The molecule has 1 fully saturated rings. The summed E-state index contributed by atoms with van der Waals surface area (Å²) in [7, 11) is 1.43. The van der Waals surface area contributed by atoms with Crippen LogP contribution in [0.5, 0.6) is 0 Å². The van der Waals surface area contributed by atoms with Gasteiger partial charge in [-0.15, -0.1) is 0 Å². The van der Waals surface area contributed by atoms with E-state index in [1.807, 2.05) is 18.2 Å². The van der Waals surface area contributed by atoms with E-state index in [4.69, 9.17) is 4.74 Å². The Labute approximate surface area is 159 Å². The molecule has 0 spiro atoms. The second-order valence-corrected chi connectivity index (χ2v) is 8.43. The first kappa shape index (κ1) is 17.7. The highest BCUT2D eigenvalue weighted by atomic mass is 16.5. The van der Waals surface area contributed by atoms with Crippen molar-refractivity contribution in [2.45, 2.75) is 44.9 Å². The molecule has 3 aromatic rings. The molecule has 4 nitrogen and oxygen atoms in total. The number of rotatable bonds is 4. The number of esters is 1. The Morgan fingerprint density at radius 3 is 2.56 bits per heavy atom. The molecule has 4 heteroatoms. The third-order valence-corrected chi connectivity index (χ3v) is 5.21. The molecule has 0 bridgehead atoms. The first-order valence-corrected chi connectivity index (χ1v) is 9.48. The molecular formula is C23H26N2O2. The predicted octanol–water partition coefficient (Wildman–Crippen LogP) is 5.87. The van der Waals surface area contributed by atoms with Crippen molar-refractivity contribution < 1.29 is 9.53 Å². The molecule has 0 atom stereocenters. The fourth-order valence-corrected chi connectivity index (χ4v) is 3.39. The highest BCUT2D eigenvalue weighted by molar-refractivity contribution is 5.97. The average Bonchev–Trinajstić information content (AvgIpc) is 3.39. The largest absolute Gasteiger partial charge is 0.465 e. The van der Waals surface area contributed by atoms with Gasteiger partial charge < -0.3 is 15.0 Å². The lowest BCUT2D eigenvalue weighted by Crippen LogP contribution is -2.10. The number of benzene rings is 2. The van der Waals surface area contributed by atoms with Crippen LogP contribution in [0.25, 0.3) is 10.9 Å². The maximum Gasteiger partial charge on any atom is 0.339 e. The highest BCUT2D eigenvalue weighted by Gasteiger charge is 2.25. The Bertz CT molecular complexity index is 1010. The zero-order chi connectivity index (χ0) is 19.2. The number of aromatic nitrogens is 1. The van der Waals surface area contributed by atoms with Crippen molar-refractivity contribution >= 4 is 28.2 Å². The second kappa shape index (κ2) is 6.45. The van der Waals surface area contributed by atoms with Gasteiger partial charge in [0.05, 0.1) is 18.4 Å². The molecule has 2 aromatic carbocycles. The normalized spacial score (nSPS) is 14.4. The van der Waals surface area contributed by atoms with Crippen molar-refractivity contribution in [1.29, 1.82) is 0 Å². The molecule has 140 valence electrons. The number of methoxy groups -OCH3 is 1. The van der Waals surface area contributed by atoms with Crippen molar-refractivity contribution in [1.82, 2.24) is 4.98 Å². The number of carbonyl (C=O) groups is 1. The summed E-state index contributed by atoms with van der Waals surface area (Å²) >= 11 is 0. The van der Waals surface area contributed by atoms with Gasteiger partial charge in [0.2, 0.25) is 0 Å². The number of ether oxygens (including phenoxy) is 1. The van der Waals surface area contributed by atoms with Crippen LogP contribution in [0.2, 0.25) is 0 Å². The summed E-state index contributed by atoms with van der Waals surface area (Å²) in [5, 5.41) is 4.55. The molecule has 2 N–H and O–H groups in total. The minimum Gasteiger partial charge on any atom is -0.465 e. The first-order chi connectivity index (χ1) is 12.8. The standard InChI is InChI=1S/C23H26N2O2/c1-23(2,3)21-13-16-11-17(8-10-19(16)25-21)24-20-9-7-15(14-5-6-14)12-18(20)22(26)27-4/h7-14,24-25H,5-6H2,1-4H3. The summed E-state index contributed by atoms with van der Waals surface area (Å²) in [6.45, 7) is 6.59. The van der Waals surface area contributed by atoms with Crippen molar-refractivity contribution in [3.63, 3.8) is 0 Å². The van der Waals surface area contributed by atoms with Gasteiger partial charge in [0.15, 0.2) is 0 Å². The van der Waals surface area contributed by atoms with Crippen LogP contribution in [0.1, 0.15) is 61.1 Å². The van der Waals surface area contributed by atoms with E-state index in [1.165, 1.54) is 31.2 Å². The number of nitrogens with one attached hydrogen (secondary N) is 2. The van der Waals surface area contributed by atoms with Crippen LogP contribution in [-0.2, 0) is 10.2 Å². The Morgan fingerprint density at radius 1 is 1.11 bits per heavy atom. The number of H-pyrrole nitrogens is 1. The first-order valence-electron chi connectivity index (χ1n) is 9.48. The predicted molar refractivity (Wildman–Crippen MR) is 110 cm³/mol. The van der Waals surface area contributed by atoms with Crippen molar-refractivity contribution in [3.05, 3.63) is 59.3 Å². The van der Waals surface area contributed by atoms with Gasteiger partial charge in [-0.2, -0.15) is 0 Å². The van der Waals surface area contributed by atoms with Crippen molar-refractivity contribution in [3.8, 4) is 0 Å². The molecule has 1 aromatic heterocycles. The van der Waals surface area contributed by atoms with Gasteiger partial charge in [-0.25, -0.2) is 4.79 Å². The minimum atomic E-state index is -0.308. The van der Waals surface area contributed by atoms with Gasteiger partial charge in [0.1, 0.15) is 0 Å². The Kier molecular flexibility index (Phi) is 4.22. The van der Waals surface area contributed by atoms with Crippen LogP contribution in [-0.4, -0.2) is 18.1 Å². The summed E-state index contributed by atoms with van der Waals surface area (Å²) in [5.41, 5.74) is 5.93. The number of anilines is 2. The lowest BCUT2D eigenvalue weighted by Gasteiger charge is -2.15. The van der Waals surface area contributed by atoms with Gasteiger partial charge in [-0.1, -0.05) is 26.8 Å². The molecule has 1 aliphatic rings. The lowest BCUT2D eigenvalue weighted by atomic mass is 9.92. The molecule has 1 heterocycles. The van der Waals surface area contributed by atoms with Crippen LogP contribution in [0.3, 0.4) is 0 Å². The minimum absolute atomic E-state index is 0.0727. The molecular weight excluding hydrogens is 336 g/mol. The SMILES string of the molecule is COC(=O)c1cc(C2CC2)ccc1Nc1ccc2[nH]c(C(C)(C)C)cc2c1. The highest BCUT2D eigenvalue weighted by Crippen LogP contribution is 2.41. The molecule has 1 aliphatic carbocycles. The third kappa shape index (κ3) is 3.57. The monoisotopic (exact) mass is 362 g/mol. The number of aromatic amines is 1. The lowest BCUT2D eigenvalue weighted by molar-refractivity contribution is 0.0602. The van der Waals surface area contributed by atoms with E-state index in [0.29, 0.717) is 11.5 Å². The van der Waals surface area contributed by atoms with Gasteiger partial charge in [0.25, 0.3) is 0 Å². The molecule has 0 unspecified atom stereocenters. The Hall–Kier alpha value is -2.75. The summed E-state index contributed by atoms with van der Waals surface area (Å²) in [6.07, 6.45) is 2.40. The summed E-state index contributed by atoms with van der Waals surface area (Å²) < 4.78 is 5.00. The maximum atomic E-state index is 12.3. The van der Waals surface area contributed by atoms with E-state index < -0.39 is 0 Å². The average molecular weight is 362 g/mol. The van der Waals surface area contributed by atoms with E-state index in [0.717, 1.165) is 22.3 Å². The topological polar surface area (TPSA) is 54.1 Å². The van der Waals surface area contributed by atoms with Crippen molar-refractivity contribution in [2.75, 3.05) is 12.4 Å². The van der Waals surface area contributed by atoms with Crippen LogP contribution in [0, 0.1) is 0 Å². The molecule has 1 saturated carbocycles. The zero-order valence-electron chi connectivity index (χ0n) is 16.3. The smallest absolute Gasteiger partial charge is 0.339 e. The molecule has 0 radical (unpaired) electrons. The van der Waals surface area contributed by atoms with E-state index in [9.17, 15) is 4.79 Å². The molecule has 4 rings (SSSR count). The fourth-order valence-electron chi connectivity index (χ4n) is 3.39. The third-order valence-electron chi connectivity index (χ3n) is 5.21. The summed E-state index contributed by atoms with van der Waals surface area (Å²) in [6, 6.07) is 14.5. The summed E-state index contributed by atoms with van der Waals surface area (Å²) in [4.78, 5) is 15.8.